The Morgan fingerprint density at radius 1 is 1.38 bits per heavy atom. The lowest BCUT2D eigenvalue weighted by Crippen LogP contribution is -2.42. The Labute approximate surface area is 97.4 Å². The van der Waals surface area contributed by atoms with Gasteiger partial charge in [0.1, 0.15) is 5.75 Å². The Kier molecular flexibility index (Phi) is 4.33. The quantitative estimate of drug-likeness (QED) is 0.800. The van der Waals surface area contributed by atoms with E-state index in [9.17, 15) is 0 Å². The normalized spacial score (nSPS) is 11.6. The fourth-order valence-corrected chi connectivity index (χ4v) is 1.45. The van der Waals surface area contributed by atoms with E-state index < -0.39 is 0 Å². The molecule has 0 atom stereocenters. The molecule has 0 aliphatic rings. The van der Waals surface area contributed by atoms with E-state index in [1.165, 1.54) is 5.56 Å². The summed E-state index contributed by atoms with van der Waals surface area (Å²) in [4.78, 5) is 0. The second kappa shape index (κ2) is 5.32. The van der Waals surface area contributed by atoms with Gasteiger partial charge in [0.05, 0.1) is 13.7 Å². The lowest BCUT2D eigenvalue weighted by molar-refractivity contribution is 0.187. The second-order valence-electron chi connectivity index (χ2n) is 4.70. The number of hydrogen-bond acceptors (Lipinski definition) is 3. The maximum Gasteiger partial charge on any atom is 0.121 e. The van der Waals surface area contributed by atoms with E-state index in [0.29, 0.717) is 0 Å². The van der Waals surface area contributed by atoms with Gasteiger partial charge in [-0.3, -0.25) is 0 Å². The smallest absolute Gasteiger partial charge is 0.121 e. The van der Waals surface area contributed by atoms with Crippen LogP contribution in [0.2, 0.25) is 0 Å². The highest BCUT2D eigenvalue weighted by molar-refractivity contribution is 5.36. The predicted molar refractivity (Wildman–Crippen MR) is 65.7 cm³/mol. The van der Waals surface area contributed by atoms with Gasteiger partial charge in [0, 0.05) is 12.1 Å². The van der Waals surface area contributed by atoms with Crippen molar-refractivity contribution in [1.29, 1.82) is 0 Å². The summed E-state index contributed by atoms with van der Waals surface area (Å²) in [5, 5.41) is 12.4. The number of methoxy groups -OCH3 is 1. The number of ether oxygens (including phenoxy) is 1. The molecule has 0 aliphatic heterocycles. The highest BCUT2D eigenvalue weighted by atomic mass is 16.5. The minimum atomic E-state index is -0.242. The molecule has 90 valence electrons. The van der Waals surface area contributed by atoms with Gasteiger partial charge in [-0.15, -0.1) is 0 Å². The summed E-state index contributed by atoms with van der Waals surface area (Å²) in [7, 11) is 1.68. The number of benzene rings is 1. The minimum Gasteiger partial charge on any atom is -0.496 e. The molecule has 0 unspecified atom stereocenters. The standard InChI is InChI=1S/C13H21NO2/c1-10-7-11(5-6-12(10)16-4)8-14-13(2,3)9-15/h5-7,14-15H,8-9H2,1-4H3. The van der Waals surface area contributed by atoms with Crippen LogP contribution in [0, 0.1) is 6.92 Å². The fourth-order valence-electron chi connectivity index (χ4n) is 1.45. The SMILES string of the molecule is COc1ccc(CNC(C)(C)CO)cc1C. The maximum atomic E-state index is 9.13. The minimum absolute atomic E-state index is 0.127. The van der Waals surface area contributed by atoms with Crippen LogP contribution in [-0.2, 0) is 6.54 Å². The molecule has 0 heterocycles. The van der Waals surface area contributed by atoms with Gasteiger partial charge >= 0.3 is 0 Å². The zero-order chi connectivity index (χ0) is 12.2. The van der Waals surface area contributed by atoms with E-state index in [0.717, 1.165) is 17.9 Å². The van der Waals surface area contributed by atoms with Gasteiger partial charge in [0.25, 0.3) is 0 Å². The van der Waals surface area contributed by atoms with Crippen LogP contribution >= 0.6 is 0 Å². The summed E-state index contributed by atoms with van der Waals surface area (Å²) < 4.78 is 5.21. The van der Waals surface area contributed by atoms with Crippen molar-refractivity contribution in [1.82, 2.24) is 5.32 Å². The van der Waals surface area contributed by atoms with Crippen molar-refractivity contribution in [2.45, 2.75) is 32.9 Å². The highest BCUT2D eigenvalue weighted by Crippen LogP contribution is 2.18. The van der Waals surface area contributed by atoms with Crippen molar-refractivity contribution in [2.24, 2.45) is 0 Å². The van der Waals surface area contributed by atoms with Crippen LogP contribution in [0.4, 0.5) is 0 Å². The Morgan fingerprint density at radius 2 is 2.06 bits per heavy atom. The second-order valence-corrected chi connectivity index (χ2v) is 4.70. The Balaban J connectivity index is 2.65. The van der Waals surface area contributed by atoms with Gasteiger partial charge in [-0.05, 0) is 38.0 Å². The molecule has 1 aromatic carbocycles. The average molecular weight is 223 g/mol. The molecular formula is C13H21NO2. The first-order valence-corrected chi connectivity index (χ1v) is 5.48. The van der Waals surface area contributed by atoms with Gasteiger partial charge in [0.15, 0.2) is 0 Å². The first-order valence-electron chi connectivity index (χ1n) is 5.48. The largest absolute Gasteiger partial charge is 0.496 e. The van der Waals surface area contributed by atoms with E-state index in [-0.39, 0.29) is 12.1 Å². The number of nitrogens with one attached hydrogen (secondary N) is 1. The van der Waals surface area contributed by atoms with E-state index in [1.54, 1.807) is 7.11 Å². The number of hydrogen-bond donors (Lipinski definition) is 2. The molecule has 0 amide bonds. The lowest BCUT2D eigenvalue weighted by atomic mass is 10.1. The number of aliphatic hydroxyl groups is 1. The average Bonchev–Trinajstić information content (AvgIpc) is 2.27. The van der Waals surface area contributed by atoms with Crippen molar-refractivity contribution < 1.29 is 9.84 Å². The molecule has 2 N–H and O–H groups in total. The Morgan fingerprint density at radius 3 is 2.56 bits per heavy atom. The summed E-state index contributed by atoms with van der Waals surface area (Å²) in [5.74, 6) is 0.908. The third-order valence-corrected chi connectivity index (χ3v) is 2.63. The summed E-state index contributed by atoms with van der Waals surface area (Å²) in [6.45, 7) is 6.85. The molecular weight excluding hydrogens is 202 g/mol. The third kappa shape index (κ3) is 3.51. The number of aliphatic hydroxyl groups excluding tert-OH is 1. The molecule has 1 aromatic rings. The van der Waals surface area contributed by atoms with Gasteiger partial charge in [0.2, 0.25) is 0 Å². The third-order valence-electron chi connectivity index (χ3n) is 2.63. The molecule has 0 aliphatic carbocycles. The van der Waals surface area contributed by atoms with Crippen LogP contribution in [0.3, 0.4) is 0 Å². The molecule has 0 aromatic heterocycles. The summed E-state index contributed by atoms with van der Waals surface area (Å²) in [5.41, 5.74) is 2.08. The molecule has 0 spiro atoms. The highest BCUT2D eigenvalue weighted by Gasteiger charge is 2.14. The molecule has 0 saturated heterocycles. The topological polar surface area (TPSA) is 41.5 Å². The number of aryl methyl sites for hydroxylation is 1. The van der Waals surface area contributed by atoms with Crippen molar-refractivity contribution in [3.63, 3.8) is 0 Å². The molecule has 0 radical (unpaired) electrons. The molecule has 0 fully saturated rings. The first-order chi connectivity index (χ1) is 7.48. The molecule has 16 heavy (non-hydrogen) atoms. The van der Waals surface area contributed by atoms with Crippen molar-refractivity contribution in [2.75, 3.05) is 13.7 Å². The molecule has 1 rings (SSSR count). The summed E-state index contributed by atoms with van der Waals surface area (Å²) >= 11 is 0. The lowest BCUT2D eigenvalue weighted by Gasteiger charge is -2.23. The van der Waals surface area contributed by atoms with Gasteiger partial charge in [-0.1, -0.05) is 12.1 Å². The van der Waals surface area contributed by atoms with Gasteiger partial charge in [-0.25, -0.2) is 0 Å². The summed E-state index contributed by atoms with van der Waals surface area (Å²) in [6, 6.07) is 6.10. The Bertz CT molecular complexity index is 348. The van der Waals surface area contributed by atoms with E-state index in [1.807, 2.05) is 32.9 Å². The van der Waals surface area contributed by atoms with E-state index in [4.69, 9.17) is 9.84 Å². The zero-order valence-electron chi connectivity index (χ0n) is 10.5. The maximum absolute atomic E-state index is 9.13. The summed E-state index contributed by atoms with van der Waals surface area (Å²) in [6.07, 6.45) is 0. The predicted octanol–water partition coefficient (Wildman–Crippen LogP) is 1.86. The van der Waals surface area contributed by atoms with Crippen molar-refractivity contribution in [3.8, 4) is 5.75 Å². The monoisotopic (exact) mass is 223 g/mol. The van der Waals surface area contributed by atoms with Crippen LogP contribution in [0.25, 0.3) is 0 Å². The zero-order valence-corrected chi connectivity index (χ0v) is 10.5. The van der Waals surface area contributed by atoms with E-state index in [2.05, 4.69) is 11.4 Å². The first kappa shape index (κ1) is 13.0. The molecule has 0 bridgehead atoms. The molecule has 3 nitrogen and oxygen atoms in total. The van der Waals surface area contributed by atoms with Crippen LogP contribution in [0.5, 0.6) is 5.75 Å². The Hall–Kier alpha value is -1.06. The number of rotatable bonds is 5. The van der Waals surface area contributed by atoms with Crippen LogP contribution in [0.15, 0.2) is 18.2 Å². The van der Waals surface area contributed by atoms with Crippen molar-refractivity contribution >= 4 is 0 Å². The fraction of sp³-hybridized carbons (Fsp3) is 0.538. The van der Waals surface area contributed by atoms with E-state index >= 15 is 0 Å². The molecule has 0 saturated carbocycles. The van der Waals surface area contributed by atoms with Gasteiger partial charge in [-0.2, -0.15) is 0 Å². The van der Waals surface area contributed by atoms with Crippen LogP contribution in [0.1, 0.15) is 25.0 Å². The van der Waals surface area contributed by atoms with Crippen LogP contribution in [-0.4, -0.2) is 24.4 Å². The van der Waals surface area contributed by atoms with Crippen molar-refractivity contribution in [3.05, 3.63) is 29.3 Å². The van der Waals surface area contributed by atoms with Crippen LogP contribution < -0.4 is 10.1 Å². The molecule has 3 heteroatoms. The van der Waals surface area contributed by atoms with Gasteiger partial charge < -0.3 is 15.2 Å².